The molecule has 0 bridgehead atoms. The summed E-state index contributed by atoms with van der Waals surface area (Å²) in [4.78, 5) is 13.7. The fourth-order valence-electron chi connectivity index (χ4n) is 4.09. The van der Waals surface area contributed by atoms with E-state index in [0.717, 1.165) is 35.4 Å². The highest BCUT2D eigenvalue weighted by Gasteiger charge is 2.34. The summed E-state index contributed by atoms with van der Waals surface area (Å²) >= 11 is 0. The number of ether oxygens (including phenoxy) is 1. The molecule has 2 heterocycles. The molecule has 0 aromatic heterocycles. The van der Waals surface area contributed by atoms with Crippen LogP contribution >= 0.6 is 0 Å². The first-order chi connectivity index (χ1) is 13.4. The van der Waals surface area contributed by atoms with Gasteiger partial charge in [-0.1, -0.05) is 18.2 Å². The fourth-order valence-corrected chi connectivity index (χ4v) is 5.61. The largest absolute Gasteiger partial charge is 0.497 e. The average Bonchev–Trinajstić information content (AvgIpc) is 3.35. The maximum atomic E-state index is 13.2. The number of hydrogen-bond acceptors (Lipinski definition) is 4. The molecule has 4 rings (SSSR count). The van der Waals surface area contributed by atoms with Crippen molar-refractivity contribution in [1.29, 1.82) is 0 Å². The van der Waals surface area contributed by atoms with Gasteiger partial charge in [0.05, 0.1) is 12.0 Å². The maximum absolute atomic E-state index is 13.2. The third kappa shape index (κ3) is 3.29. The van der Waals surface area contributed by atoms with Crippen molar-refractivity contribution in [3.63, 3.8) is 0 Å². The van der Waals surface area contributed by atoms with Crippen LogP contribution in [0.3, 0.4) is 0 Å². The third-order valence-electron chi connectivity index (χ3n) is 5.71. The maximum Gasteiger partial charge on any atom is 0.243 e. The molecule has 1 amide bonds. The van der Waals surface area contributed by atoms with Gasteiger partial charge in [-0.25, -0.2) is 8.42 Å². The van der Waals surface area contributed by atoms with Gasteiger partial charge in [0, 0.05) is 32.2 Å². The number of carbonyl (C=O) groups excluding carboxylic acids is 1. The van der Waals surface area contributed by atoms with Gasteiger partial charge < -0.3 is 9.64 Å². The second-order valence-electron chi connectivity index (χ2n) is 7.33. The number of benzene rings is 2. The second kappa shape index (κ2) is 7.22. The lowest BCUT2D eigenvalue weighted by Crippen LogP contribution is -2.29. The number of nitrogens with zero attached hydrogens (tertiary/aromatic N) is 2. The normalized spacial score (nSPS) is 19.6. The molecule has 1 saturated heterocycles. The highest BCUT2D eigenvalue weighted by Crippen LogP contribution is 2.35. The lowest BCUT2D eigenvalue weighted by Gasteiger charge is -2.19. The molecule has 1 unspecified atom stereocenters. The molecular formula is C21H24N2O4S. The molecule has 0 radical (unpaired) electrons. The Morgan fingerprint density at radius 3 is 2.54 bits per heavy atom. The lowest BCUT2D eigenvalue weighted by molar-refractivity contribution is -0.116. The summed E-state index contributed by atoms with van der Waals surface area (Å²) < 4.78 is 33.1. The van der Waals surface area contributed by atoms with Crippen LogP contribution in [0.4, 0.5) is 5.69 Å². The van der Waals surface area contributed by atoms with E-state index in [4.69, 9.17) is 4.74 Å². The van der Waals surface area contributed by atoms with Gasteiger partial charge in [0.1, 0.15) is 5.75 Å². The molecule has 0 aliphatic carbocycles. The lowest BCUT2D eigenvalue weighted by atomic mass is 9.99. The number of fused-ring (bicyclic) bond motifs is 1. The molecule has 6 nitrogen and oxygen atoms in total. The van der Waals surface area contributed by atoms with Crippen LogP contribution in [0.5, 0.6) is 5.75 Å². The molecular weight excluding hydrogens is 376 g/mol. The van der Waals surface area contributed by atoms with Crippen LogP contribution in [0, 0.1) is 0 Å². The van der Waals surface area contributed by atoms with Crippen molar-refractivity contribution in [3.8, 4) is 5.75 Å². The van der Waals surface area contributed by atoms with Crippen molar-refractivity contribution >= 4 is 21.6 Å². The molecule has 0 spiro atoms. The highest BCUT2D eigenvalue weighted by atomic mass is 32.2. The van der Waals surface area contributed by atoms with Gasteiger partial charge in [-0.15, -0.1) is 0 Å². The quantitative estimate of drug-likeness (QED) is 0.792. The van der Waals surface area contributed by atoms with Crippen LogP contribution < -0.4 is 9.64 Å². The first-order valence-corrected chi connectivity index (χ1v) is 10.9. The van der Waals surface area contributed by atoms with E-state index in [0.29, 0.717) is 19.6 Å². The number of methoxy groups -OCH3 is 1. The molecule has 1 atom stereocenters. The number of amides is 1. The number of sulfonamides is 1. The van der Waals surface area contributed by atoms with Crippen molar-refractivity contribution in [3.05, 3.63) is 53.6 Å². The average molecular weight is 401 g/mol. The van der Waals surface area contributed by atoms with Crippen molar-refractivity contribution in [2.75, 3.05) is 31.6 Å². The van der Waals surface area contributed by atoms with Gasteiger partial charge in [-0.05, 0) is 54.2 Å². The van der Waals surface area contributed by atoms with Crippen molar-refractivity contribution in [2.24, 2.45) is 0 Å². The predicted molar refractivity (Wildman–Crippen MR) is 107 cm³/mol. The third-order valence-corrected chi connectivity index (χ3v) is 7.57. The number of carbonyl (C=O) groups is 1. The van der Waals surface area contributed by atoms with Crippen LogP contribution in [0.25, 0.3) is 0 Å². The highest BCUT2D eigenvalue weighted by molar-refractivity contribution is 7.89. The summed E-state index contributed by atoms with van der Waals surface area (Å²) in [5.74, 6) is 0.900. The summed E-state index contributed by atoms with van der Waals surface area (Å²) in [5.41, 5.74) is 2.86. The Balaban J connectivity index is 1.56. The summed E-state index contributed by atoms with van der Waals surface area (Å²) in [7, 11) is -1.96. The van der Waals surface area contributed by atoms with Crippen LogP contribution in [0.15, 0.2) is 47.4 Å². The topological polar surface area (TPSA) is 66.9 Å². The first kappa shape index (κ1) is 19.0. The van der Waals surface area contributed by atoms with Gasteiger partial charge in [0.2, 0.25) is 15.9 Å². The Bertz CT molecular complexity index is 1000. The summed E-state index contributed by atoms with van der Waals surface area (Å²) in [5, 5.41) is 0. The smallest absolute Gasteiger partial charge is 0.243 e. The molecule has 148 valence electrons. The minimum Gasteiger partial charge on any atom is -0.497 e. The molecule has 28 heavy (non-hydrogen) atoms. The van der Waals surface area contributed by atoms with Gasteiger partial charge in [-0.3, -0.25) is 4.79 Å². The minimum absolute atomic E-state index is 0.0611. The van der Waals surface area contributed by atoms with Gasteiger partial charge in [-0.2, -0.15) is 4.31 Å². The molecule has 2 aromatic carbocycles. The van der Waals surface area contributed by atoms with Crippen LogP contribution in [0.1, 0.15) is 30.4 Å². The summed E-state index contributed by atoms with van der Waals surface area (Å²) in [6.45, 7) is 3.07. The van der Waals surface area contributed by atoms with E-state index in [9.17, 15) is 13.2 Å². The van der Waals surface area contributed by atoms with Gasteiger partial charge in [0.15, 0.2) is 0 Å². The zero-order valence-corrected chi connectivity index (χ0v) is 16.9. The zero-order valence-electron chi connectivity index (χ0n) is 16.1. The standard InChI is InChI=1S/C21H24N2O4S/c1-15(24)23-12-10-17-5-8-20(13-21(17)23)28(25,26)22-11-9-18(14-22)16-3-6-19(27-2)7-4-16/h3-8,13,18H,9-12,14H2,1-2H3. The predicted octanol–water partition coefficient (Wildman–Crippen LogP) is 2.78. The Labute approximate surface area is 165 Å². The molecule has 1 fully saturated rings. The Morgan fingerprint density at radius 1 is 1.11 bits per heavy atom. The van der Waals surface area contributed by atoms with Crippen molar-refractivity contribution < 1.29 is 17.9 Å². The Hall–Kier alpha value is -2.38. The molecule has 0 N–H and O–H groups in total. The first-order valence-electron chi connectivity index (χ1n) is 9.45. The van der Waals surface area contributed by atoms with Crippen LogP contribution in [-0.2, 0) is 21.2 Å². The minimum atomic E-state index is -3.59. The summed E-state index contributed by atoms with van der Waals surface area (Å²) in [6, 6.07) is 13.0. The Kier molecular flexibility index (Phi) is 4.89. The summed E-state index contributed by atoms with van der Waals surface area (Å²) in [6.07, 6.45) is 1.55. The molecule has 2 aromatic rings. The molecule has 7 heteroatoms. The van der Waals surface area contributed by atoms with E-state index in [2.05, 4.69) is 0 Å². The van der Waals surface area contributed by atoms with Crippen LogP contribution in [0.2, 0.25) is 0 Å². The SMILES string of the molecule is COc1ccc(C2CCN(S(=O)(=O)c3ccc4c(c3)N(C(C)=O)CC4)C2)cc1. The zero-order chi connectivity index (χ0) is 19.9. The number of hydrogen-bond donors (Lipinski definition) is 0. The molecule has 2 aliphatic heterocycles. The monoisotopic (exact) mass is 400 g/mol. The number of rotatable bonds is 4. The molecule has 2 aliphatic rings. The van der Waals surface area contributed by atoms with E-state index >= 15 is 0 Å². The number of anilines is 1. The van der Waals surface area contributed by atoms with Gasteiger partial charge >= 0.3 is 0 Å². The van der Waals surface area contributed by atoms with E-state index in [1.54, 1.807) is 28.4 Å². The van der Waals surface area contributed by atoms with Crippen LogP contribution in [-0.4, -0.2) is 45.4 Å². The second-order valence-corrected chi connectivity index (χ2v) is 9.27. The molecule has 0 saturated carbocycles. The fraction of sp³-hybridized carbons (Fsp3) is 0.381. The van der Waals surface area contributed by atoms with E-state index in [1.165, 1.54) is 6.92 Å². The van der Waals surface area contributed by atoms with Crippen molar-refractivity contribution in [1.82, 2.24) is 4.31 Å². The van der Waals surface area contributed by atoms with E-state index in [1.807, 2.05) is 30.3 Å². The Morgan fingerprint density at radius 2 is 1.86 bits per heavy atom. The van der Waals surface area contributed by atoms with E-state index < -0.39 is 10.0 Å². The van der Waals surface area contributed by atoms with Crippen molar-refractivity contribution in [2.45, 2.75) is 30.6 Å². The van der Waals surface area contributed by atoms with E-state index in [-0.39, 0.29) is 16.7 Å². The van der Waals surface area contributed by atoms with Gasteiger partial charge in [0.25, 0.3) is 0 Å².